The van der Waals surface area contributed by atoms with Crippen molar-refractivity contribution in [2.75, 3.05) is 10.6 Å². The molecule has 5 aromatic rings. The van der Waals surface area contributed by atoms with Crippen molar-refractivity contribution < 1.29 is 15.0 Å². The van der Waals surface area contributed by atoms with Crippen molar-refractivity contribution in [2.24, 2.45) is 10.2 Å². The molecule has 5 rings (SSSR count). The minimum Gasteiger partial charge on any atom is -0.505 e. The van der Waals surface area contributed by atoms with Gasteiger partial charge in [-0.15, -0.1) is 10.2 Å². The van der Waals surface area contributed by atoms with E-state index in [1.807, 2.05) is 41.3 Å². The van der Waals surface area contributed by atoms with Crippen molar-refractivity contribution in [3.63, 3.8) is 0 Å². The van der Waals surface area contributed by atoms with Crippen LogP contribution in [0.15, 0.2) is 89.4 Å². The number of aromatic hydroxyl groups is 1. The number of phenols is 1. The van der Waals surface area contributed by atoms with Crippen LogP contribution in [-0.2, 0) is 13.1 Å². The molecule has 188 valence electrons. The minimum absolute atomic E-state index is 0.0551. The number of aromatic carboxylic acids is 1. The summed E-state index contributed by atoms with van der Waals surface area (Å²) >= 11 is 0. The number of hydrogen-bond donors (Lipinski definition) is 3. The number of hydrogen-bond acceptors (Lipinski definition) is 11. The fraction of sp³-hybridized carbons (Fsp3) is 0.0769. The van der Waals surface area contributed by atoms with Crippen molar-refractivity contribution in [3.8, 4) is 5.75 Å². The molecule has 38 heavy (non-hydrogen) atoms. The molecule has 4 N–H and O–H groups in total. The van der Waals surface area contributed by atoms with Crippen molar-refractivity contribution in [1.82, 2.24) is 24.9 Å². The molecule has 0 aliphatic rings. The average molecular weight is 508 g/mol. The number of nitrogens with two attached hydrogens (primary N) is 1. The summed E-state index contributed by atoms with van der Waals surface area (Å²) < 4.78 is 0. The zero-order valence-corrected chi connectivity index (χ0v) is 19.9. The molecule has 0 bridgehead atoms. The standard InChI is InChI=1S/C26H21N9O3/c27-24-30-25(34-33-20-13-16-7-1-2-10-19(16)21(22(20)36)23(37)38)32-26(31-24)35(14-17-8-3-5-11-28-17)15-18-9-4-6-12-29-18/h1-13,36H,14-15H2,(H,37,38)(H2,27,30,31,32). The molecule has 0 fully saturated rings. The lowest BCUT2D eigenvalue weighted by molar-refractivity contribution is 0.0696. The number of anilines is 2. The number of azo groups is 1. The number of nitrogen functional groups attached to an aromatic ring is 1. The quantitative estimate of drug-likeness (QED) is 0.255. The van der Waals surface area contributed by atoms with Gasteiger partial charge in [-0.05, 0) is 35.7 Å². The van der Waals surface area contributed by atoms with Crippen LogP contribution in [0.4, 0.5) is 23.5 Å². The smallest absolute Gasteiger partial charge is 0.340 e. The van der Waals surface area contributed by atoms with Gasteiger partial charge in [0.15, 0.2) is 5.75 Å². The van der Waals surface area contributed by atoms with Gasteiger partial charge in [0.2, 0.25) is 11.9 Å². The van der Waals surface area contributed by atoms with Crippen molar-refractivity contribution in [1.29, 1.82) is 0 Å². The maximum atomic E-state index is 11.8. The van der Waals surface area contributed by atoms with Crippen LogP contribution in [0.1, 0.15) is 21.7 Å². The Morgan fingerprint density at radius 1 is 0.868 bits per heavy atom. The summed E-state index contributed by atoms with van der Waals surface area (Å²) in [6.45, 7) is 0.704. The second-order valence-electron chi connectivity index (χ2n) is 8.14. The Kier molecular flexibility index (Phi) is 6.76. The number of nitrogens with zero attached hydrogens (tertiary/aromatic N) is 8. The van der Waals surface area contributed by atoms with E-state index in [1.165, 1.54) is 6.07 Å². The Bertz CT molecular complexity index is 1590. The highest BCUT2D eigenvalue weighted by molar-refractivity contribution is 6.08. The molecule has 0 atom stereocenters. The van der Waals surface area contributed by atoms with E-state index in [4.69, 9.17) is 5.73 Å². The maximum absolute atomic E-state index is 11.8. The normalized spacial score (nSPS) is 11.2. The van der Waals surface area contributed by atoms with E-state index in [1.54, 1.807) is 36.7 Å². The highest BCUT2D eigenvalue weighted by atomic mass is 16.4. The summed E-state index contributed by atoms with van der Waals surface area (Å²) in [6, 6.07) is 19.4. The Morgan fingerprint density at radius 2 is 1.53 bits per heavy atom. The molecule has 0 unspecified atom stereocenters. The molecular weight excluding hydrogens is 486 g/mol. The largest absolute Gasteiger partial charge is 0.505 e. The Hall–Kier alpha value is -5.52. The minimum atomic E-state index is -1.29. The molecule has 0 radical (unpaired) electrons. The van der Waals surface area contributed by atoms with E-state index < -0.39 is 11.7 Å². The third-order valence-electron chi connectivity index (χ3n) is 5.53. The summed E-state index contributed by atoms with van der Waals surface area (Å²) in [4.78, 5) is 35.1. The van der Waals surface area contributed by atoms with Crippen LogP contribution in [0.2, 0.25) is 0 Å². The van der Waals surface area contributed by atoms with Gasteiger partial charge in [0.1, 0.15) is 11.3 Å². The lowest BCUT2D eigenvalue weighted by Crippen LogP contribution is -2.25. The Balaban J connectivity index is 1.52. The Morgan fingerprint density at radius 3 is 2.16 bits per heavy atom. The molecule has 12 heteroatoms. The van der Waals surface area contributed by atoms with Gasteiger partial charge in [-0.25, -0.2) is 4.79 Å². The van der Waals surface area contributed by atoms with Gasteiger partial charge in [-0.3, -0.25) is 9.97 Å². The van der Waals surface area contributed by atoms with Crippen LogP contribution in [0.25, 0.3) is 10.8 Å². The zero-order valence-electron chi connectivity index (χ0n) is 19.9. The molecule has 0 saturated carbocycles. The molecule has 0 amide bonds. The van der Waals surface area contributed by atoms with Gasteiger partial charge in [-0.2, -0.15) is 15.0 Å². The van der Waals surface area contributed by atoms with Gasteiger partial charge in [0.25, 0.3) is 5.95 Å². The van der Waals surface area contributed by atoms with Crippen LogP contribution in [0, 0.1) is 0 Å². The van der Waals surface area contributed by atoms with Crippen molar-refractivity contribution >= 4 is 40.3 Å². The number of aromatic nitrogens is 5. The predicted molar refractivity (Wildman–Crippen MR) is 139 cm³/mol. The molecule has 3 heterocycles. The van der Waals surface area contributed by atoms with Crippen LogP contribution in [-0.4, -0.2) is 41.1 Å². The second kappa shape index (κ2) is 10.6. The van der Waals surface area contributed by atoms with Crippen LogP contribution < -0.4 is 10.6 Å². The summed E-state index contributed by atoms with van der Waals surface area (Å²) in [5.74, 6) is -1.80. The van der Waals surface area contributed by atoms with E-state index in [0.29, 0.717) is 23.9 Å². The lowest BCUT2D eigenvalue weighted by Gasteiger charge is -2.22. The first-order valence-electron chi connectivity index (χ1n) is 11.4. The number of fused-ring (bicyclic) bond motifs is 1. The van der Waals surface area contributed by atoms with Gasteiger partial charge in [-0.1, -0.05) is 36.4 Å². The van der Waals surface area contributed by atoms with Crippen LogP contribution in [0.5, 0.6) is 5.75 Å². The first-order chi connectivity index (χ1) is 18.5. The number of carboxylic acids is 1. The number of carboxylic acid groups (broad SMARTS) is 1. The second-order valence-corrected chi connectivity index (χ2v) is 8.14. The van der Waals surface area contributed by atoms with Crippen molar-refractivity contribution in [3.05, 3.63) is 96.1 Å². The summed E-state index contributed by atoms with van der Waals surface area (Å²) in [7, 11) is 0. The first kappa shape index (κ1) is 24.2. The molecule has 0 aliphatic carbocycles. The number of benzene rings is 2. The van der Waals surface area contributed by atoms with Gasteiger partial charge >= 0.3 is 5.97 Å². The van der Waals surface area contributed by atoms with E-state index in [2.05, 4.69) is 35.1 Å². The Labute approximate surface area is 216 Å². The third kappa shape index (κ3) is 5.33. The van der Waals surface area contributed by atoms with Crippen molar-refractivity contribution in [2.45, 2.75) is 13.1 Å². The van der Waals surface area contributed by atoms with E-state index in [9.17, 15) is 15.0 Å². The van der Waals surface area contributed by atoms with Gasteiger partial charge in [0, 0.05) is 17.8 Å². The van der Waals surface area contributed by atoms with Gasteiger partial charge in [0.05, 0.1) is 24.5 Å². The summed E-state index contributed by atoms with van der Waals surface area (Å²) in [5.41, 5.74) is 7.19. The highest BCUT2D eigenvalue weighted by Crippen LogP contribution is 2.37. The molecular formula is C26H21N9O3. The molecule has 12 nitrogen and oxygen atoms in total. The zero-order chi connectivity index (χ0) is 26.5. The summed E-state index contributed by atoms with van der Waals surface area (Å²) in [5, 5.41) is 29.3. The SMILES string of the molecule is Nc1nc(N=Nc2cc3ccccc3c(C(=O)O)c2O)nc(N(Cc2ccccn2)Cc2ccccn2)n1. The van der Waals surface area contributed by atoms with Gasteiger partial charge < -0.3 is 20.8 Å². The van der Waals surface area contributed by atoms with Crippen LogP contribution in [0.3, 0.4) is 0 Å². The van der Waals surface area contributed by atoms with E-state index in [-0.39, 0.29) is 29.1 Å². The fourth-order valence-electron chi connectivity index (χ4n) is 3.84. The lowest BCUT2D eigenvalue weighted by atomic mass is 10.0. The number of pyridine rings is 2. The number of rotatable bonds is 8. The van der Waals surface area contributed by atoms with E-state index in [0.717, 1.165) is 11.4 Å². The third-order valence-corrected chi connectivity index (χ3v) is 5.53. The number of carbonyl (C=O) groups is 1. The summed E-state index contributed by atoms with van der Waals surface area (Å²) in [6.07, 6.45) is 3.38. The highest BCUT2D eigenvalue weighted by Gasteiger charge is 2.19. The molecule has 0 aliphatic heterocycles. The topological polar surface area (TPSA) is 176 Å². The monoisotopic (exact) mass is 507 g/mol. The first-order valence-corrected chi connectivity index (χ1v) is 11.4. The molecule has 0 spiro atoms. The van der Waals surface area contributed by atoms with E-state index >= 15 is 0 Å². The average Bonchev–Trinajstić information content (AvgIpc) is 2.92. The van der Waals surface area contributed by atoms with Crippen LogP contribution >= 0.6 is 0 Å². The maximum Gasteiger partial charge on any atom is 0.340 e. The molecule has 2 aromatic carbocycles. The molecule has 3 aromatic heterocycles. The predicted octanol–water partition coefficient (Wildman–Crippen LogP) is 4.42. The fourth-order valence-corrected chi connectivity index (χ4v) is 3.84. The molecule has 0 saturated heterocycles.